The number of carboxylic acids is 1. The molecule has 0 aliphatic rings. The molecule has 0 spiro atoms. The van der Waals surface area contributed by atoms with E-state index in [9.17, 15) is 4.79 Å². The molecule has 0 radical (unpaired) electrons. The van der Waals surface area contributed by atoms with Crippen molar-refractivity contribution < 1.29 is 25.2 Å². The van der Waals surface area contributed by atoms with E-state index in [-0.39, 0.29) is 19.8 Å². The molecule has 0 aromatic rings. The van der Waals surface area contributed by atoms with Crippen molar-refractivity contribution in [3.63, 3.8) is 0 Å². The molecule has 0 saturated carbocycles. The van der Waals surface area contributed by atoms with Gasteiger partial charge < -0.3 is 20.4 Å². The van der Waals surface area contributed by atoms with Gasteiger partial charge in [-0.2, -0.15) is 0 Å². The van der Waals surface area contributed by atoms with Crippen LogP contribution in [0.15, 0.2) is 0 Å². The second kappa shape index (κ2) is 14.3. The van der Waals surface area contributed by atoms with E-state index >= 15 is 0 Å². The molecule has 0 bridgehead atoms. The van der Waals surface area contributed by atoms with Crippen molar-refractivity contribution in [1.82, 2.24) is 4.90 Å². The maximum atomic E-state index is 10.6. The highest BCUT2D eigenvalue weighted by atomic mass is 16.4. The molecule has 0 aromatic carbocycles. The molecule has 21 heavy (non-hydrogen) atoms. The Morgan fingerprint density at radius 3 is 1.67 bits per heavy atom. The summed E-state index contributed by atoms with van der Waals surface area (Å²) in [5.41, 5.74) is -0.533. The first kappa shape index (κ1) is 22.6. The number of unbranched alkanes of at least 4 members (excludes halogenated alkanes) is 2. The summed E-state index contributed by atoms with van der Waals surface area (Å²) in [7, 11) is 0. The van der Waals surface area contributed by atoms with Crippen LogP contribution in [0.5, 0.6) is 0 Å². The maximum absolute atomic E-state index is 10.6. The number of carbonyl (C=O) groups is 1. The lowest BCUT2D eigenvalue weighted by Crippen LogP contribution is -2.32. The highest BCUT2D eigenvalue weighted by Gasteiger charge is 2.25. The lowest BCUT2D eigenvalue weighted by atomic mass is 9.87. The molecule has 0 fully saturated rings. The van der Waals surface area contributed by atoms with Crippen LogP contribution in [-0.4, -0.2) is 70.8 Å². The molecule has 0 aliphatic heterocycles. The second-order valence-electron chi connectivity index (χ2n) is 5.66. The van der Waals surface area contributed by atoms with E-state index in [1.165, 1.54) is 0 Å². The molecule has 6 nitrogen and oxygen atoms in total. The van der Waals surface area contributed by atoms with Gasteiger partial charge >= 0.3 is 5.97 Å². The summed E-state index contributed by atoms with van der Waals surface area (Å²) in [5, 5.41) is 34.2. The predicted molar refractivity (Wildman–Crippen MR) is 83.3 cm³/mol. The summed E-state index contributed by atoms with van der Waals surface area (Å²) in [5.74, 6) is -0.686. The Kier molecular flexibility index (Phi) is 15.3. The molecule has 0 heterocycles. The molecular weight excluding hydrogens is 274 g/mol. The van der Waals surface area contributed by atoms with Crippen molar-refractivity contribution in [3.8, 4) is 0 Å². The Bertz CT molecular complexity index is 232. The summed E-state index contributed by atoms with van der Waals surface area (Å²) in [6, 6.07) is 0. The van der Waals surface area contributed by atoms with E-state index in [1.54, 1.807) is 18.7 Å². The second-order valence-corrected chi connectivity index (χ2v) is 5.66. The Morgan fingerprint density at radius 2 is 1.38 bits per heavy atom. The molecule has 0 amide bonds. The monoisotopic (exact) mass is 307 g/mol. The average molecular weight is 307 g/mol. The smallest absolute Gasteiger partial charge is 0.309 e. The SMILES string of the molecule is CCCCCC(C)(C)C(=O)O.OCCN(CCO)CCO. The zero-order valence-corrected chi connectivity index (χ0v) is 13.7. The van der Waals surface area contributed by atoms with Crippen LogP contribution in [0.1, 0.15) is 46.5 Å². The number of hydrogen-bond donors (Lipinski definition) is 4. The molecule has 128 valence electrons. The highest BCUT2D eigenvalue weighted by molar-refractivity contribution is 5.73. The number of hydrogen-bond acceptors (Lipinski definition) is 5. The third-order valence-electron chi connectivity index (χ3n) is 3.23. The molecular formula is C15H33NO5. The van der Waals surface area contributed by atoms with E-state index in [4.69, 9.17) is 20.4 Å². The van der Waals surface area contributed by atoms with E-state index in [1.807, 2.05) is 0 Å². The van der Waals surface area contributed by atoms with Crippen LogP contribution in [0.3, 0.4) is 0 Å². The number of rotatable bonds is 11. The van der Waals surface area contributed by atoms with Crippen molar-refractivity contribution in [3.05, 3.63) is 0 Å². The first-order valence-corrected chi connectivity index (χ1v) is 7.64. The van der Waals surface area contributed by atoms with E-state index < -0.39 is 11.4 Å². The van der Waals surface area contributed by atoms with Crippen LogP contribution in [0.2, 0.25) is 0 Å². The first-order valence-electron chi connectivity index (χ1n) is 7.64. The predicted octanol–water partition coefficient (Wildman–Crippen LogP) is 0.943. The minimum atomic E-state index is -0.686. The van der Waals surface area contributed by atoms with Crippen molar-refractivity contribution in [2.75, 3.05) is 39.5 Å². The fourth-order valence-corrected chi connectivity index (χ4v) is 1.68. The minimum Gasteiger partial charge on any atom is -0.481 e. The van der Waals surface area contributed by atoms with Gasteiger partial charge in [-0.25, -0.2) is 0 Å². The van der Waals surface area contributed by atoms with Crippen LogP contribution in [0, 0.1) is 5.41 Å². The lowest BCUT2D eigenvalue weighted by molar-refractivity contribution is -0.147. The van der Waals surface area contributed by atoms with Gasteiger partial charge in [0.15, 0.2) is 0 Å². The van der Waals surface area contributed by atoms with Crippen molar-refractivity contribution in [1.29, 1.82) is 0 Å². The average Bonchev–Trinajstić information content (AvgIpc) is 2.40. The number of nitrogens with zero attached hydrogens (tertiary/aromatic N) is 1. The van der Waals surface area contributed by atoms with Crippen molar-refractivity contribution in [2.45, 2.75) is 46.5 Å². The summed E-state index contributed by atoms with van der Waals surface area (Å²) in [4.78, 5) is 12.4. The molecule has 0 atom stereocenters. The Labute approximate surface area is 128 Å². The molecule has 0 rings (SSSR count). The van der Waals surface area contributed by atoms with Crippen LogP contribution in [0.4, 0.5) is 0 Å². The fraction of sp³-hybridized carbons (Fsp3) is 0.933. The van der Waals surface area contributed by atoms with Crippen LogP contribution in [-0.2, 0) is 4.79 Å². The van der Waals surface area contributed by atoms with Gasteiger partial charge in [0, 0.05) is 19.6 Å². The highest BCUT2D eigenvalue weighted by Crippen LogP contribution is 2.23. The van der Waals surface area contributed by atoms with E-state index in [0.29, 0.717) is 19.6 Å². The molecule has 0 aliphatic carbocycles. The standard InChI is InChI=1S/C9H18O2.C6H15NO3/c1-4-5-6-7-9(2,3)8(10)11;8-4-1-7(2-5-9)3-6-10/h4-7H2,1-3H3,(H,10,11);8-10H,1-6H2. The molecule has 6 heteroatoms. The number of aliphatic carboxylic acids is 1. The van der Waals surface area contributed by atoms with Gasteiger partial charge in [-0.1, -0.05) is 26.2 Å². The van der Waals surface area contributed by atoms with Gasteiger partial charge in [-0.05, 0) is 20.3 Å². The zero-order chi connectivity index (χ0) is 16.7. The fourth-order valence-electron chi connectivity index (χ4n) is 1.68. The zero-order valence-electron chi connectivity index (χ0n) is 13.7. The topological polar surface area (TPSA) is 101 Å². The molecule has 4 N–H and O–H groups in total. The van der Waals surface area contributed by atoms with Gasteiger partial charge in [-0.3, -0.25) is 9.69 Å². The quantitative estimate of drug-likeness (QED) is 0.424. The van der Waals surface area contributed by atoms with Crippen LogP contribution in [0.25, 0.3) is 0 Å². The number of aliphatic hydroxyl groups excluding tert-OH is 3. The largest absolute Gasteiger partial charge is 0.481 e. The third kappa shape index (κ3) is 14.0. The Morgan fingerprint density at radius 1 is 0.952 bits per heavy atom. The third-order valence-corrected chi connectivity index (χ3v) is 3.23. The normalized spacial score (nSPS) is 11.2. The van der Waals surface area contributed by atoms with Gasteiger partial charge in [0.05, 0.1) is 25.2 Å². The first-order chi connectivity index (χ1) is 9.85. The Hall–Kier alpha value is -0.690. The lowest BCUT2D eigenvalue weighted by Gasteiger charge is -2.18. The molecule has 0 unspecified atom stereocenters. The molecule has 0 aromatic heterocycles. The van der Waals surface area contributed by atoms with Gasteiger partial charge in [0.2, 0.25) is 0 Å². The van der Waals surface area contributed by atoms with Crippen LogP contribution >= 0.6 is 0 Å². The van der Waals surface area contributed by atoms with E-state index in [2.05, 4.69) is 6.92 Å². The summed E-state index contributed by atoms with van der Waals surface area (Å²) < 4.78 is 0. The molecule has 0 saturated heterocycles. The summed E-state index contributed by atoms with van der Waals surface area (Å²) in [6.45, 7) is 7.44. The summed E-state index contributed by atoms with van der Waals surface area (Å²) >= 11 is 0. The van der Waals surface area contributed by atoms with Crippen molar-refractivity contribution in [2.24, 2.45) is 5.41 Å². The Balaban J connectivity index is 0. The minimum absolute atomic E-state index is 0.0694. The number of aliphatic hydroxyl groups is 3. The van der Waals surface area contributed by atoms with Gasteiger partial charge in [0.1, 0.15) is 0 Å². The van der Waals surface area contributed by atoms with Gasteiger partial charge in [0.25, 0.3) is 0 Å². The van der Waals surface area contributed by atoms with Gasteiger partial charge in [-0.15, -0.1) is 0 Å². The maximum Gasteiger partial charge on any atom is 0.309 e. The van der Waals surface area contributed by atoms with E-state index in [0.717, 1.165) is 25.7 Å². The van der Waals surface area contributed by atoms with Crippen LogP contribution < -0.4 is 0 Å². The number of carboxylic acid groups (broad SMARTS) is 1. The summed E-state index contributed by atoms with van der Waals surface area (Å²) in [6.07, 6.45) is 4.10. The van der Waals surface area contributed by atoms with Crippen molar-refractivity contribution >= 4 is 5.97 Å².